The van der Waals surface area contributed by atoms with Gasteiger partial charge in [-0.1, -0.05) is 23.7 Å². The van der Waals surface area contributed by atoms with Gasteiger partial charge in [0.2, 0.25) is 0 Å². The lowest BCUT2D eigenvalue weighted by Crippen LogP contribution is -2.15. The van der Waals surface area contributed by atoms with E-state index in [0.29, 0.717) is 29.4 Å². The highest BCUT2D eigenvalue weighted by Gasteiger charge is 2.14. The first-order valence-electron chi connectivity index (χ1n) is 6.66. The highest BCUT2D eigenvalue weighted by Crippen LogP contribution is 2.35. The van der Waals surface area contributed by atoms with Gasteiger partial charge in [0.25, 0.3) is 0 Å². The highest BCUT2D eigenvalue weighted by atomic mass is 35.5. The van der Waals surface area contributed by atoms with Gasteiger partial charge in [-0.15, -0.1) is 0 Å². The number of ether oxygens (including phenoxy) is 1. The molecule has 0 aliphatic carbocycles. The lowest BCUT2D eigenvalue weighted by molar-refractivity contribution is 0.374. The van der Waals surface area contributed by atoms with E-state index in [-0.39, 0.29) is 11.7 Å². The van der Waals surface area contributed by atoms with Gasteiger partial charge in [0.15, 0.2) is 11.5 Å². The van der Waals surface area contributed by atoms with Crippen molar-refractivity contribution in [2.75, 3.05) is 19.4 Å². The van der Waals surface area contributed by atoms with Crippen LogP contribution in [0.2, 0.25) is 5.02 Å². The molecule has 2 rings (SSSR count). The van der Waals surface area contributed by atoms with Crippen molar-refractivity contribution >= 4 is 17.3 Å². The maximum Gasteiger partial charge on any atom is 0.181 e. The van der Waals surface area contributed by atoms with Gasteiger partial charge in [-0.25, -0.2) is 0 Å². The fourth-order valence-electron chi connectivity index (χ4n) is 2.32. The molecule has 0 aliphatic rings. The van der Waals surface area contributed by atoms with Gasteiger partial charge < -0.3 is 21.3 Å². The molecule has 0 saturated carbocycles. The van der Waals surface area contributed by atoms with E-state index in [1.165, 1.54) is 7.11 Å². The van der Waals surface area contributed by atoms with Gasteiger partial charge in [-0.05, 0) is 48.4 Å². The number of phenols is 1. The smallest absolute Gasteiger partial charge is 0.181 e. The van der Waals surface area contributed by atoms with Crippen LogP contribution in [0.25, 0.3) is 0 Å². The fraction of sp³-hybridized carbons (Fsp3) is 0.250. The number of phenolic OH excluding ortho intramolecular Hbond substituents is 1. The van der Waals surface area contributed by atoms with E-state index in [4.69, 9.17) is 27.8 Å². The zero-order chi connectivity index (χ0) is 15.4. The minimum atomic E-state index is -0.0305. The number of anilines is 1. The molecular formula is C16H19ClN2O2. The standard InChI is InChI=1S/C16H19ClN2O2/c1-21-15-8-10(7-14(19)16(15)20)6-12(9-18)11-2-4-13(17)5-3-11/h2-5,7-8,12,20H,6,9,18-19H2,1H3. The predicted molar refractivity (Wildman–Crippen MR) is 86.0 cm³/mol. The zero-order valence-electron chi connectivity index (χ0n) is 11.8. The van der Waals surface area contributed by atoms with Crippen molar-refractivity contribution in [2.45, 2.75) is 12.3 Å². The minimum absolute atomic E-state index is 0.0305. The number of methoxy groups -OCH3 is 1. The maximum atomic E-state index is 9.77. The summed E-state index contributed by atoms with van der Waals surface area (Å²) < 4.78 is 5.12. The first-order chi connectivity index (χ1) is 10.0. The number of benzene rings is 2. The van der Waals surface area contributed by atoms with Crippen LogP contribution in [0.15, 0.2) is 36.4 Å². The SMILES string of the molecule is COc1cc(CC(CN)c2ccc(Cl)cc2)cc(N)c1O. The van der Waals surface area contributed by atoms with Gasteiger partial charge in [0.05, 0.1) is 12.8 Å². The molecule has 0 spiro atoms. The molecular weight excluding hydrogens is 288 g/mol. The van der Waals surface area contributed by atoms with E-state index in [0.717, 1.165) is 11.1 Å². The normalized spacial score (nSPS) is 12.1. The van der Waals surface area contributed by atoms with Crippen molar-refractivity contribution < 1.29 is 9.84 Å². The molecule has 0 heterocycles. The Morgan fingerprint density at radius 3 is 2.48 bits per heavy atom. The van der Waals surface area contributed by atoms with Gasteiger partial charge >= 0.3 is 0 Å². The maximum absolute atomic E-state index is 9.77. The van der Waals surface area contributed by atoms with Gasteiger partial charge in [-0.2, -0.15) is 0 Å². The first-order valence-corrected chi connectivity index (χ1v) is 7.03. The summed E-state index contributed by atoms with van der Waals surface area (Å²) in [4.78, 5) is 0. The topological polar surface area (TPSA) is 81.5 Å². The molecule has 21 heavy (non-hydrogen) atoms. The number of aromatic hydroxyl groups is 1. The lowest BCUT2D eigenvalue weighted by atomic mass is 9.92. The number of hydrogen-bond acceptors (Lipinski definition) is 4. The van der Waals surface area contributed by atoms with Crippen LogP contribution < -0.4 is 16.2 Å². The predicted octanol–water partition coefficient (Wildman–Crippen LogP) is 2.92. The molecule has 2 aromatic rings. The molecule has 112 valence electrons. The van der Waals surface area contributed by atoms with Crippen LogP contribution in [0.1, 0.15) is 17.0 Å². The third-order valence-corrected chi connectivity index (χ3v) is 3.74. The number of rotatable bonds is 5. The van der Waals surface area contributed by atoms with Crippen LogP contribution in [-0.2, 0) is 6.42 Å². The number of nitrogens with two attached hydrogens (primary N) is 2. The van der Waals surface area contributed by atoms with Crippen molar-refractivity contribution in [3.63, 3.8) is 0 Å². The van der Waals surface area contributed by atoms with Crippen LogP contribution >= 0.6 is 11.6 Å². The third kappa shape index (κ3) is 3.60. The molecule has 5 heteroatoms. The average molecular weight is 307 g/mol. The van der Waals surface area contributed by atoms with E-state index in [9.17, 15) is 5.11 Å². The zero-order valence-corrected chi connectivity index (χ0v) is 12.6. The Morgan fingerprint density at radius 2 is 1.90 bits per heavy atom. The molecule has 1 unspecified atom stereocenters. The monoisotopic (exact) mass is 306 g/mol. The molecule has 0 saturated heterocycles. The second-order valence-electron chi connectivity index (χ2n) is 4.92. The van der Waals surface area contributed by atoms with E-state index in [1.807, 2.05) is 24.3 Å². The Kier molecular flexibility index (Phi) is 4.94. The summed E-state index contributed by atoms with van der Waals surface area (Å²) in [5.74, 6) is 0.491. The Morgan fingerprint density at radius 1 is 1.24 bits per heavy atom. The Bertz CT molecular complexity index is 614. The van der Waals surface area contributed by atoms with Gasteiger partial charge in [0, 0.05) is 10.9 Å². The van der Waals surface area contributed by atoms with Crippen LogP contribution in [-0.4, -0.2) is 18.8 Å². The molecule has 0 fully saturated rings. The second kappa shape index (κ2) is 6.70. The molecule has 0 aliphatic heterocycles. The molecule has 0 bridgehead atoms. The van der Waals surface area contributed by atoms with E-state index < -0.39 is 0 Å². The molecule has 4 nitrogen and oxygen atoms in total. The average Bonchev–Trinajstić information content (AvgIpc) is 2.49. The second-order valence-corrected chi connectivity index (χ2v) is 5.36. The Labute approximate surface area is 129 Å². The quantitative estimate of drug-likeness (QED) is 0.586. The summed E-state index contributed by atoms with van der Waals surface area (Å²) in [5, 5.41) is 10.5. The van der Waals surface area contributed by atoms with Crippen molar-refractivity contribution in [3.8, 4) is 11.5 Å². The Hall–Kier alpha value is -1.91. The number of nitrogen functional groups attached to an aromatic ring is 1. The third-order valence-electron chi connectivity index (χ3n) is 3.49. The van der Waals surface area contributed by atoms with Crippen molar-refractivity contribution in [1.29, 1.82) is 0 Å². The van der Waals surface area contributed by atoms with Gasteiger partial charge in [0.1, 0.15) is 0 Å². The molecule has 5 N–H and O–H groups in total. The number of halogens is 1. The van der Waals surface area contributed by atoms with Crippen LogP contribution in [0, 0.1) is 0 Å². The summed E-state index contributed by atoms with van der Waals surface area (Å²) in [6.07, 6.45) is 0.707. The minimum Gasteiger partial charge on any atom is -0.503 e. The summed E-state index contributed by atoms with van der Waals surface area (Å²) in [5.41, 5.74) is 14.1. The largest absolute Gasteiger partial charge is 0.503 e. The summed E-state index contributed by atoms with van der Waals surface area (Å²) >= 11 is 5.91. The van der Waals surface area contributed by atoms with Crippen molar-refractivity contribution in [1.82, 2.24) is 0 Å². The van der Waals surface area contributed by atoms with Crippen LogP contribution in [0.5, 0.6) is 11.5 Å². The summed E-state index contributed by atoms with van der Waals surface area (Å²) in [7, 11) is 1.50. The first kappa shape index (κ1) is 15.5. The lowest BCUT2D eigenvalue weighted by Gasteiger charge is -2.17. The number of hydrogen-bond donors (Lipinski definition) is 3. The summed E-state index contributed by atoms with van der Waals surface area (Å²) in [6.45, 7) is 0.505. The van der Waals surface area contributed by atoms with Crippen LogP contribution in [0.3, 0.4) is 0 Å². The molecule has 0 radical (unpaired) electrons. The van der Waals surface area contributed by atoms with Crippen molar-refractivity contribution in [3.05, 3.63) is 52.5 Å². The van der Waals surface area contributed by atoms with Gasteiger partial charge in [-0.3, -0.25) is 0 Å². The molecule has 2 aromatic carbocycles. The van der Waals surface area contributed by atoms with E-state index >= 15 is 0 Å². The van der Waals surface area contributed by atoms with E-state index in [2.05, 4.69) is 0 Å². The summed E-state index contributed by atoms with van der Waals surface area (Å²) in [6, 6.07) is 11.2. The fourth-order valence-corrected chi connectivity index (χ4v) is 2.44. The van der Waals surface area contributed by atoms with E-state index in [1.54, 1.807) is 12.1 Å². The van der Waals surface area contributed by atoms with Crippen molar-refractivity contribution in [2.24, 2.45) is 5.73 Å². The van der Waals surface area contributed by atoms with Crippen LogP contribution in [0.4, 0.5) is 5.69 Å². The molecule has 1 atom stereocenters. The molecule has 0 aromatic heterocycles. The highest BCUT2D eigenvalue weighted by molar-refractivity contribution is 6.30. The molecule has 0 amide bonds. The Balaban J connectivity index is 2.26.